The van der Waals surface area contributed by atoms with Crippen molar-refractivity contribution < 1.29 is 9.59 Å². The van der Waals surface area contributed by atoms with Crippen molar-refractivity contribution in [2.75, 3.05) is 12.3 Å². The monoisotopic (exact) mass is 488 g/mol. The molecule has 0 aliphatic carbocycles. The summed E-state index contributed by atoms with van der Waals surface area (Å²) < 4.78 is 0. The van der Waals surface area contributed by atoms with Crippen LogP contribution in [0.25, 0.3) is 0 Å². The van der Waals surface area contributed by atoms with Gasteiger partial charge in [-0.3, -0.25) is 9.59 Å². The summed E-state index contributed by atoms with van der Waals surface area (Å²) in [6.45, 7) is 5.20. The van der Waals surface area contributed by atoms with Gasteiger partial charge in [0.1, 0.15) is 6.04 Å². The molecule has 0 fully saturated rings. The lowest BCUT2D eigenvalue weighted by molar-refractivity contribution is -0.139. The molecule has 0 aliphatic heterocycles. The Labute approximate surface area is 214 Å². The molecular formula is C30H36N2O2S. The highest BCUT2D eigenvalue weighted by Crippen LogP contribution is 2.19. The van der Waals surface area contributed by atoms with Crippen LogP contribution in [-0.4, -0.2) is 35.1 Å². The average Bonchev–Trinajstić information content (AvgIpc) is 2.88. The smallest absolute Gasteiger partial charge is 0.243 e. The van der Waals surface area contributed by atoms with Crippen LogP contribution in [0.1, 0.15) is 42.0 Å². The summed E-state index contributed by atoms with van der Waals surface area (Å²) in [5.74, 6) is 0.985. The van der Waals surface area contributed by atoms with Crippen LogP contribution in [0.15, 0.2) is 84.9 Å². The first-order valence-corrected chi connectivity index (χ1v) is 13.5. The lowest BCUT2D eigenvalue weighted by Crippen LogP contribution is -2.51. The van der Waals surface area contributed by atoms with Gasteiger partial charge in [-0.2, -0.15) is 0 Å². The highest BCUT2D eigenvalue weighted by atomic mass is 32.2. The molecule has 3 rings (SSSR count). The Morgan fingerprint density at radius 1 is 0.857 bits per heavy atom. The molecule has 0 spiro atoms. The Morgan fingerprint density at radius 3 is 2.11 bits per heavy atom. The van der Waals surface area contributed by atoms with Crippen molar-refractivity contribution in [3.05, 3.63) is 107 Å². The fourth-order valence-corrected chi connectivity index (χ4v) is 4.73. The van der Waals surface area contributed by atoms with E-state index in [0.29, 0.717) is 25.3 Å². The molecule has 0 unspecified atom stereocenters. The van der Waals surface area contributed by atoms with E-state index in [0.717, 1.165) is 29.7 Å². The predicted molar refractivity (Wildman–Crippen MR) is 146 cm³/mol. The molecule has 0 saturated carbocycles. The molecule has 5 heteroatoms. The lowest BCUT2D eigenvalue weighted by Gasteiger charge is -2.31. The molecule has 1 atom stereocenters. The van der Waals surface area contributed by atoms with Crippen molar-refractivity contribution in [2.45, 2.75) is 51.4 Å². The van der Waals surface area contributed by atoms with Crippen LogP contribution in [0.2, 0.25) is 0 Å². The fraction of sp³-hybridized carbons (Fsp3) is 0.333. The van der Waals surface area contributed by atoms with Gasteiger partial charge in [-0.25, -0.2) is 0 Å². The molecule has 1 N–H and O–H groups in total. The van der Waals surface area contributed by atoms with Crippen LogP contribution in [-0.2, 0) is 28.3 Å². The molecular weight excluding hydrogens is 452 g/mol. The van der Waals surface area contributed by atoms with E-state index in [1.54, 1.807) is 16.7 Å². The Kier molecular flexibility index (Phi) is 10.9. The van der Waals surface area contributed by atoms with Gasteiger partial charge < -0.3 is 10.2 Å². The molecule has 3 aromatic rings. The number of unbranched alkanes of at least 4 members (excludes halogenated alkanes) is 1. The highest BCUT2D eigenvalue weighted by molar-refractivity contribution is 7.99. The van der Waals surface area contributed by atoms with E-state index in [2.05, 4.69) is 43.4 Å². The minimum atomic E-state index is -0.568. The molecule has 0 aliphatic rings. The van der Waals surface area contributed by atoms with Gasteiger partial charge in [-0.15, -0.1) is 11.8 Å². The van der Waals surface area contributed by atoms with Crippen LogP contribution >= 0.6 is 11.8 Å². The van der Waals surface area contributed by atoms with E-state index in [1.165, 1.54) is 11.1 Å². The minimum Gasteiger partial charge on any atom is -0.354 e. The van der Waals surface area contributed by atoms with Crippen molar-refractivity contribution in [3.63, 3.8) is 0 Å². The van der Waals surface area contributed by atoms with Crippen LogP contribution < -0.4 is 5.32 Å². The predicted octanol–water partition coefficient (Wildman–Crippen LogP) is 5.78. The zero-order valence-electron chi connectivity index (χ0n) is 20.8. The van der Waals surface area contributed by atoms with Crippen molar-refractivity contribution in [1.82, 2.24) is 10.2 Å². The number of nitrogens with zero attached hydrogens (tertiary/aromatic N) is 1. The second-order valence-electron chi connectivity index (χ2n) is 8.84. The summed E-state index contributed by atoms with van der Waals surface area (Å²) in [7, 11) is 0. The second kappa shape index (κ2) is 14.4. The number of hydrogen-bond donors (Lipinski definition) is 1. The van der Waals surface area contributed by atoms with Gasteiger partial charge in [0.25, 0.3) is 0 Å². The SMILES string of the molecule is CCCCNC(=O)[C@H](Cc1ccccc1)N(Cc1ccccc1)C(=O)CSCc1ccc(C)cc1. The third-order valence-corrected chi connectivity index (χ3v) is 6.90. The number of benzene rings is 3. The van der Waals surface area contributed by atoms with Gasteiger partial charge >= 0.3 is 0 Å². The maximum absolute atomic E-state index is 13.6. The Balaban J connectivity index is 1.79. The summed E-state index contributed by atoms with van der Waals surface area (Å²) in [6, 6.07) is 27.7. The summed E-state index contributed by atoms with van der Waals surface area (Å²) in [4.78, 5) is 28.7. The van der Waals surface area contributed by atoms with Gasteiger partial charge in [0, 0.05) is 25.3 Å². The number of aryl methyl sites for hydroxylation is 1. The van der Waals surface area contributed by atoms with Crippen molar-refractivity contribution in [1.29, 1.82) is 0 Å². The first kappa shape index (κ1) is 26.6. The zero-order valence-corrected chi connectivity index (χ0v) is 21.6. The Bertz CT molecular complexity index is 1040. The summed E-state index contributed by atoms with van der Waals surface area (Å²) in [5, 5.41) is 3.07. The fourth-order valence-electron chi connectivity index (χ4n) is 3.86. The van der Waals surface area contributed by atoms with Crippen LogP contribution in [0, 0.1) is 6.92 Å². The highest BCUT2D eigenvalue weighted by Gasteiger charge is 2.30. The van der Waals surface area contributed by atoms with Crippen LogP contribution in [0.3, 0.4) is 0 Å². The maximum Gasteiger partial charge on any atom is 0.243 e. The van der Waals surface area contributed by atoms with Gasteiger partial charge in [0.05, 0.1) is 5.75 Å². The van der Waals surface area contributed by atoms with Crippen LogP contribution in [0.4, 0.5) is 0 Å². The van der Waals surface area contributed by atoms with E-state index >= 15 is 0 Å². The molecule has 35 heavy (non-hydrogen) atoms. The molecule has 0 bridgehead atoms. The van der Waals surface area contributed by atoms with E-state index in [1.807, 2.05) is 60.7 Å². The zero-order chi connectivity index (χ0) is 24.9. The number of nitrogens with one attached hydrogen (secondary N) is 1. The standard InChI is InChI=1S/C30H36N2O2S/c1-3-4-19-31-30(34)28(20-25-11-7-5-8-12-25)32(21-26-13-9-6-10-14-26)29(33)23-35-22-27-17-15-24(2)16-18-27/h5-18,28H,3-4,19-23H2,1-2H3,(H,31,34)/t28-/m0/s1. The van der Waals surface area contributed by atoms with Crippen molar-refractivity contribution >= 4 is 23.6 Å². The molecule has 4 nitrogen and oxygen atoms in total. The normalized spacial score (nSPS) is 11.6. The topological polar surface area (TPSA) is 49.4 Å². The van der Waals surface area contributed by atoms with Gasteiger partial charge in [-0.1, -0.05) is 104 Å². The van der Waals surface area contributed by atoms with E-state index in [9.17, 15) is 9.59 Å². The summed E-state index contributed by atoms with van der Waals surface area (Å²) in [5.41, 5.74) is 4.48. The van der Waals surface area contributed by atoms with Crippen LogP contribution in [0.5, 0.6) is 0 Å². The number of carbonyl (C=O) groups excluding carboxylic acids is 2. The summed E-state index contributed by atoms with van der Waals surface area (Å²) >= 11 is 1.59. The van der Waals surface area contributed by atoms with Gasteiger partial charge in [0.2, 0.25) is 11.8 Å². The average molecular weight is 489 g/mol. The van der Waals surface area contributed by atoms with Gasteiger partial charge in [0.15, 0.2) is 0 Å². The number of amides is 2. The Morgan fingerprint density at radius 2 is 1.49 bits per heavy atom. The molecule has 184 valence electrons. The molecule has 0 saturated heterocycles. The van der Waals surface area contributed by atoms with E-state index in [-0.39, 0.29) is 11.8 Å². The van der Waals surface area contributed by atoms with E-state index < -0.39 is 6.04 Å². The van der Waals surface area contributed by atoms with Crippen molar-refractivity contribution in [3.8, 4) is 0 Å². The van der Waals surface area contributed by atoms with E-state index in [4.69, 9.17) is 0 Å². The number of rotatable bonds is 13. The van der Waals surface area contributed by atoms with Gasteiger partial charge in [-0.05, 0) is 30.0 Å². The number of hydrogen-bond acceptors (Lipinski definition) is 3. The molecule has 0 radical (unpaired) electrons. The molecule has 2 amide bonds. The number of carbonyl (C=O) groups is 2. The first-order valence-electron chi connectivity index (χ1n) is 12.3. The molecule has 0 heterocycles. The number of thioether (sulfide) groups is 1. The minimum absolute atomic E-state index is 0.0162. The Hall–Kier alpha value is -3.05. The quantitative estimate of drug-likeness (QED) is 0.310. The third-order valence-electron chi connectivity index (χ3n) is 5.91. The third kappa shape index (κ3) is 8.91. The largest absolute Gasteiger partial charge is 0.354 e. The summed E-state index contributed by atoms with van der Waals surface area (Å²) in [6.07, 6.45) is 2.41. The lowest BCUT2D eigenvalue weighted by atomic mass is 10.0. The second-order valence-corrected chi connectivity index (χ2v) is 9.82. The maximum atomic E-state index is 13.6. The first-order chi connectivity index (χ1) is 17.1. The molecule has 3 aromatic carbocycles. The van der Waals surface area contributed by atoms with Crippen molar-refractivity contribution in [2.24, 2.45) is 0 Å². The molecule has 0 aromatic heterocycles.